The fourth-order valence-electron chi connectivity index (χ4n) is 2.08. The van der Waals surface area contributed by atoms with Crippen LogP contribution in [0.5, 0.6) is 11.6 Å². The van der Waals surface area contributed by atoms with Gasteiger partial charge in [0, 0.05) is 5.56 Å². The molecule has 0 N–H and O–H groups in total. The lowest BCUT2D eigenvalue weighted by molar-refractivity contribution is -0.683. The average Bonchev–Trinajstić information content (AvgIpc) is 2.58. The Labute approximate surface area is 132 Å². The molecule has 1 aromatic heterocycles. The molecule has 1 heterocycles. The molecule has 0 radical (unpaired) electrons. The van der Waals surface area contributed by atoms with Crippen molar-refractivity contribution in [1.82, 2.24) is 4.98 Å². The van der Waals surface area contributed by atoms with Gasteiger partial charge in [0.2, 0.25) is 18.5 Å². The second kappa shape index (κ2) is 6.79. The van der Waals surface area contributed by atoms with E-state index in [0.29, 0.717) is 5.56 Å². The summed E-state index contributed by atoms with van der Waals surface area (Å²) in [6.07, 6.45) is 4.73. The molecule has 3 rings (SSSR count). The smallest absolute Gasteiger partial charge is 0.285 e. The van der Waals surface area contributed by atoms with E-state index in [4.69, 9.17) is 4.74 Å². The Bertz CT molecular complexity index is 822. The summed E-state index contributed by atoms with van der Waals surface area (Å²) in [5, 5.41) is 0. The Balaban J connectivity index is 1.75. The van der Waals surface area contributed by atoms with Crippen molar-refractivity contribution >= 4 is 5.78 Å². The highest BCUT2D eigenvalue weighted by atomic mass is 19.1. The monoisotopic (exact) mass is 309 g/mol. The van der Waals surface area contributed by atoms with Crippen molar-refractivity contribution in [2.24, 2.45) is 0 Å². The number of benzene rings is 2. The number of hydrogen-bond donors (Lipinski definition) is 0. The average molecular weight is 309 g/mol. The van der Waals surface area contributed by atoms with Crippen LogP contribution in [0.25, 0.3) is 0 Å². The van der Waals surface area contributed by atoms with E-state index in [9.17, 15) is 9.18 Å². The van der Waals surface area contributed by atoms with E-state index in [2.05, 4.69) is 4.98 Å². The number of Topliss-reactive ketones (excluding diaryl/α,β-unsaturated/α-hetero) is 1. The van der Waals surface area contributed by atoms with Crippen molar-refractivity contribution < 1.29 is 18.5 Å². The van der Waals surface area contributed by atoms with Crippen LogP contribution in [0.4, 0.5) is 4.39 Å². The van der Waals surface area contributed by atoms with Gasteiger partial charge in [-0.25, -0.2) is 9.37 Å². The highest BCUT2D eigenvalue weighted by Crippen LogP contribution is 2.20. The molecule has 0 saturated carbocycles. The molecule has 2 aromatic carbocycles. The first-order valence-electron chi connectivity index (χ1n) is 7.08. The van der Waals surface area contributed by atoms with Crippen LogP contribution in [0, 0.1) is 5.82 Å². The van der Waals surface area contributed by atoms with Crippen molar-refractivity contribution in [2.45, 2.75) is 6.54 Å². The maximum atomic E-state index is 13.6. The largest absolute Gasteiger partial charge is 0.431 e. The molecule has 4 nitrogen and oxygen atoms in total. The van der Waals surface area contributed by atoms with Crippen LogP contribution in [0.3, 0.4) is 0 Å². The number of carbonyl (C=O) groups is 1. The molecule has 0 aliphatic heterocycles. The summed E-state index contributed by atoms with van der Waals surface area (Å²) in [6, 6.07) is 15.1. The molecular weight excluding hydrogens is 295 g/mol. The normalized spacial score (nSPS) is 10.3. The third-order valence-electron chi connectivity index (χ3n) is 3.21. The van der Waals surface area contributed by atoms with Crippen LogP contribution >= 0.6 is 0 Å². The van der Waals surface area contributed by atoms with Gasteiger partial charge < -0.3 is 4.74 Å². The van der Waals surface area contributed by atoms with E-state index in [-0.39, 0.29) is 24.0 Å². The molecule has 0 saturated heterocycles. The van der Waals surface area contributed by atoms with Gasteiger partial charge in [-0.2, -0.15) is 4.57 Å². The van der Waals surface area contributed by atoms with Crippen molar-refractivity contribution in [3.05, 3.63) is 84.6 Å². The van der Waals surface area contributed by atoms with Crippen molar-refractivity contribution in [2.75, 3.05) is 0 Å². The summed E-state index contributed by atoms with van der Waals surface area (Å²) in [5.74, 6) is -0.186. The second-order valence-electron chi connectivity index (χ2n) is 4.89. The molecule has 0 spiro atoms. The molecule has 0 fully saturated rings. The number of ether oxygens (including phenoxy) is 1. The number of aromatic nitrogens is 2. The zero-order valence-electron chi connectivity index (χ0n) is 12.2. The van der Waals surface area contributed by atoms with E-state index in [1.54, 1.807) is 41.2 Å². The summed E-state index contributed by atoms with van der Waals surface area (Å²) < 4.78 is 20.7. The van der Waals surface area contributed by atoms with Crippen LogP contribution < -0.4 is 9.30 Å². The van der Waals surface area contributed by atoms with E-state index in [1.807, 2.05) is 18.2 Å². The Morgan fingerprint density at radius 2 is 1.83 bits per heavy atom. The number of nitrogens with zero attached hydrogens (tertiary/aromatic N) is 2. The number of ketones is 1. The van der Waals surface area contributed by atoms with E-state index >= 15 is 0 Å². The predicted molar refractivity (Wildman–Crippen MR) is 81.7 cm³/mol. The Kier molecular flexibility index (Phi) is 4.38. The van der Waals surface area contributed by atoms with Crippen molar-refractivity contribution in [3.63, 3.8) is 0 Å². The van der Waals surface area contributed by atoms with Gasteiger partial charge in [0.25, 0.3) is 5.88 Å². The summed E-state index contributed by atoms with van der Waals surface area (Å²) in [6.45, 7) is 0.153. The summed E-state index contributed by atoms with van der Waals surface area (Å²) in [5.41, 5.74) is 0.633. The SMILES string of the molecule is O=C(C[n+]1ccnc(Oc2ccccc2F)c1)c1ccccc1. The molecular formula is C18H14FN2O2+. The molecule has 3 aromatic rings. The third kappa shape index (κ3) is 3.77. The second-order valence-corrected chi connectivity index (χ2v) is 4.89. The molecule has 114 valence electrons. The van der Waals surface area contributed by atoms with E-state index in [0.717, 1.165) is 0 Å². The number of para-hydroxylation sites is 1. The minimum absolute atomic E-state index is 0.0290. The predicted octanol–water partition coefficient (Wildman–Crippen LogP) is 3.18. The topological polar surface area (TPSA) is 43.1 Å². The molecule has 0 amide bonds. The lowest BCUT2D eigenvalue weighted by atomic mass is 10.1. The van der Waals surface area contributed by atoms with Crippen molar-refractivity contribution in [1.29, 1.82) is 0 Å². The van der Waals surface area contributed by atoms with Gasteiger partial charge in [-0.1, -0.05) is 42.5 Å². The number of halogens is 1. The first-order chi connectivity index (χ1) is 11.2. The van der Waals surface area contributed by atoms with E-state index < -0.39 is 5.82 Å². The molecule has 0 atom stereocenters. The van der Waals surface area contributed by atoms with Gasteiger partial charge in [-0.05, 0) is 12.1 Å². The van der Waals surface area contributed by atoms with Crippen molar-refractivity contribution in [3.8, 4) is 11.6 Å². The van der Waals surface area contributed by atoms with Gasteiger partial charge in [-0.3, -0.25) is 4.79 Å². The van der Waals surface area contributed by atoms with Crippen LogP contribution in [0.2, 0.25) is 0 Å². The standard InChI is InChI=1S/C18H14FN2O2/c19-15-8-4-5-9-17(15)23-18-13-21(11-10-20-18)12-16(22)14-6-2-1-3-7-14/h1-11,13H,12H2/q+1. The van der Waals surface area contributed by atoms with Crippen LogP contribution in [-0.4, -0.2) is 10.8 Å². The highest BCUT2D eigenvalue weighted by Gasteiger charge is 2.14. The van der Waals surface area contributed by atoms with Gasteiger partial charge in [0.05, 0.1) is 6.20 Å². The zero-order chi connectivity index (χ0) is 16.1. The number of rotatable bonds is 5. The Hall–Kier alpha value is -3.08. The third-order valence-corrected chi connectivity index (χ3v) is 3.21. The number of carbonyl (C=O) groups excluding carboxylic acids is 1. The highest BCUT2D eigenvalue weighted by molar-refractivity contribution is 5.94. The fraction of sp³-hybridized carbons (Fsp3) is 0.0556. The lowest BCUT2D eigenvalue weighted by Gasteiger charge is -2.04. The quantitative estimate of drug-likeness (QED) is 0.537. The van der Waals surface area contributed by atoms with Crippen LogP contribution in [0.1, 0.15) is 10.4 Å². The molecule has 0 aliphatic carbocycles. The summed E-state index contributed by atoms with van der Waals surface area (Å²) >= 11 is 0. The van der Waals surface area contributed by atoms with Gasteiger partial charge in [-0.15, -0.1) is 0 Å². The van der Waals surface area contributed by atoms with Gasteiger partial charge in [0.15, 0.2) is 17.8 Å². The lowest BCUT2D eigenvalue weighted by Crippen LogP contribution is -2.37. The summed E-state index contributed by atoms with van der Waals surface area (Å²) in [4.78, 5) is 16.2. The fourth-order valence-corrected chi connectivity index (χ4v) is 2.08. The summed E-state index contributed by atoms with van der Waals surface area (Å²) in [7, 11) is 0. The Morgan fingerprint density at radius 3 is 2.61 bits per heavy atom. The van der Waals surface area contributed by atoms with Gasteiger partial charge >= 0.3 is 0 Å². The maximum Gasteiger partial charge on any atom is 0.285 e. The van der Waals surface area contributed by atoms with Crippen LogP contribution in [-0.2, 0) is 6.54 Å². The molecule has 0 aliphatic rings. The Morgan fingerprint density at radius 1 is 1.09 bits per heavy atom. The van der Waals surface area contributed by atoms with E-state index in [1.165, 1.54) is 18.3 Å². The zero-order valence-corrected chi connectivity index (χ0v) is 12.2. The maximum absolute atomic E-state index is 13.6. The molecule has 0 unspecified atom stereocenters. The minimum Gasteiger partial charge on any atom is -0.431 e. The molecule has 23 heavy (non-hydrogen) atoms. The minimum atomic E-state index is -0.468. The first-order valence-corrected chi connectivity index (χ1v) is 7.08. The van der Waals surface area contributed by atoms with Crippen LogP contribution in [0.15, 0.2) is 73.2 Å². The number of hydrogen-bond acceptors (Lipinski definition) is 3. The molecule has 5 heteroatoms. The molecule has 0 bridgehead atoms. The first kappa shape index (κ1) is 14.8. The van der Waals surface area contributed by atoms with Gasteiger partial charge in [0.1, 0.15) is 0 Å².